The topological polar surface area (TPSA) is 79.7 Å². The zero-order valence-electron chi connectivity index (χ0n) is 16.0. The summed E-state index contributed by atoms with van der Waals surface area (Å²) in [7, 11) is 0. The third-order valence-electron chi connectivity index (χ3n) is 3.75. The molecule has 0 saturated heterocycles. The number of aryl methyl sites for hydroxylation is 1. The van der Waals surface area contributed by atoms with E-state index in [1.54, 1.807) is 4.90 Å². The predicted octanol–water partition coefficient (Wildman–Crippen LogP) is 4.25. The van der Waals surface area contributed by atoms with E-state index in [1.165, 1.54) is 22.3 Å². The van der Waals surface area contributed by atoms with Crippen molar-refractivity contribution in [2.24, 2.45) is 0 Å². The molecule has 6 nitrogen and oxygen atoms in total. The van der Waals surface area contributed by atoms with Crippen molar-refractivity contribution in [2.45, 2.75) is 45.6 Å². The third kappa shape index (κ3) is 7.38. The molecule has 1 heterocycles. The lowest BCUT2D eigenvalue weighted by molar-refractivity contribution is 0.0249. The molecule has 2 rings (SSSR count). The van der Waals surface area contributed by atoms with E-state index in [2.05, 4.69) is 17.1 Å². The number of carboxylic acid groups (broad SMARTS) is 1. The van der Waals surface area contributed by atoms with Crippen molar-refractivity contribution in [1.82, 2.24) is 9.88 Å². The first kappa shape index (κ1) is 20.9. The fraction of sp³-hybridized carbons (Fsp3) is 0.450. The molecule has 0 bridgehead atoms. The van der Waals surface area contributed by atoms with Crippen LogP contribution in [0.5, 0.6) is 0 Å². The second-order valence-corrected chi connectivity index (χ2v) is 8.18. The van der Waals surface area contributed by atoms with Gasteiger partial charge in [0.2, 0.25) is 0 Å². The van der Waals surface area contributed by atoms with E-state index in [9.17, 15) is 9.59 Å². The van der Waals surface area contributed by atoms with E-state index in [0.717, 1.165) is 12.8 Å². The summed E-state index contributed by atoms with van der Waals surface area (Å²) in [5.41, 5.74) is 0.711. The number of amides is 1. The predicted molar refractivity (Wildman–Crippen MR) is 105 cm³/mol. The quantitative estimate of drug-likeness (QED) is 0.729. The van der Waals surface area contributed by atoms with Gasteiger partial charge >= 0.3 is 12.1 Å². The van der Waals surface area contributed by atoms with Crippen molar-refractivity contribution in [3.63, 3.8) is 0 Å². The van der Waals surface area contributed by atoms with Crippen LogP contribution in [0.3, 0.4) is 0 Å². The molecule has 0 aliphatic carbocycles. The van der Waals surface area contributed by atoms with E-state index >= 15 is 0 Å². The van der Waals surface area contributed by atoms with Crippen LogP contribution in [0.15, 0.2) is 35.7 Å². The molecular formula is C20H26N2O4S. The number of thiazole rings is 1. The van der Waals surface area contributed by atoms with Crippen LogP contribution in [0.2, 0.25) is 0 Å². The van der Waals surface area contributed by atoms with Gasteiger partial charge in [0, 0.05) is 24.9 Å². The molecule has 0 radical (unpaired) electrons. The lowest BCUT2D eigenvalue weighted by Crippen LogP contribution is -2.38. The first-order valence-electron chi connectivity index (χ1n) is 8.94. The normalized spacial score (nSPS) is 11.2. The molecule has 7 heteroatoms. The molecule has 0 saturated carbocycles. The van der Waals surface area contributed by atoms with Gasteiger partial charge in [-0.3, -0.25) is 0 Å². The summed E-state index contributed by atoms with van der Waals surface area (Å²) in [4.78, 5) is 29.2. The average Bonchev–Trinajstić information content (AvgIpc) is 3.06. The van der Waals surface area contributed by atoms with Crippen LogP contribution in [0.4, 0.5) is 4.79 Å². The molecule has 0 unspecified atom stereocenters. The smallest absolute Gasteiger partial charge is 0.410 e. The highest BCUT2D eigenvalue weighted by Gasteiger charge is 2.22. The van der Waals surface area contributed by atoms with Crippen LogP contribution < -0.4 is 0 Å². The maximum absolute atomic E-state index is 12.5. The Morgan fingerprint density at radius 1 is 1.15 bits per heavy atom. The minimum absolute atomic E-state index is 0.0443. The van der Waals surface area contributed by atoms with Gasteiger partial charge in [-0.05, 0) is 39.2 Å². The van der Waals surface area contributed by atoms with Gasteiger partial charge in [-0.1, -0.05) is 30.3 Å². The third-order valence-corrected chi connectivity index (χ3v) is 4.66. The molecule has 0 fully saturated rings. The SMILES string of the molecule is CC(C)(C)OC(=O)N(CCCc1ccccc1)CCc1nc(C(=O)O)cs1. The summed E-state index contributed by atoms with van der Waals surface area (Å²) in [6.45, 7) is 6.53. The Morgan fingerprint density at radius 2 is 1.85 bits per heavy atom. The molecule has 1 aromatic heterocycles. The lowest BCUT2D eigenvalue weighted by atomic mass is 10.1. The lowest BCUT2D eigenvalue weighted by Gasteiger charge is -2.27. The molecule has 1 amide bonds. The number of carbonyl (C=O) groups excluding carboxylic acids is 1. The van der Waals surface area contributed by atoms with Crippen LogP contribution in [0.1, 0.15) is 48.3 Å². The summed E-state index contributed by atoms with van der Waals surface area (Å²) in [5.74, 6) is -1.04. The largest absolute Gasteiger partial charge is 0.476 e. The maximum atomic E-state index is 12.5. The fourth-order valence-electron chi connectivity index (χ4n) is 2.49. The summed E-state index contributed by atoms with van der Waals surface area (Å²) in [6.07, 6.45) is 1.84. The van der Waals surface area contributed by atoms with Gasteiger partial charge in [-0.2, -0.15) is 0 Å². The number of rotatable bonds is 8. The molecule has 0 spiro atoms. The van der Waals surface area contributed by atoms with Gasteiger partial charge in [-0.15, -0.1) is 11.3 Å². The molecule has 1 aromatic carbocycles. The Balaban J connectivity index is 1.95. The highest BCUT2D eigenvalue weighted by molar-refractivity contribution is 7.09. The number of carbonyl (C=O) groups is 2. The Bertz CT molecular complexity index is 753. The molecule has 1 N–H and O–H groups in total. The number of carboxylic acids is 1. The Hall–Kier alpha value is -2.41. The molecule has 0 aliphatic rings. The highest BCUT2D eigenvalue weighted by Crippen LogP contribution is 2.14. The molecular weight excluding hydrogens is 364 g/mol. The second-order valence-electron chi connectivity index (χ2n) is 7.24. The number of ether oxygens (including phenoxy) is 1. The number of aromatic carboxylic acids is 1. The van der Waals surface area contributed by atoms with E-state index in [-0.39, 0.29) is 11.8 Å². The van der Waals surface area contributed by atoms with Crippen molar-refractivity contribution >= 4 is 23.4 Å². The fourth-order valence-corrected chi connectivity index (χ4v) is 3.26. The number of nitrogens with zero attached hydrogens (tertiary/aromatic N) is 2. The minimum atomic E-state index is -1.04. The average molecular weight is 391 g/mol. The van der Waals surface area contributed by atoms with Crippen molar-refractivity contribution in [2.75, 3.05) is 13.1 Å². The standard InChI is InChI=1S/C20H26N2O4S/c1-20(2,3)26-19(25)22(12-7-10-15-8-5-4-6-9-15)13-11-17-21-16(14-27-17)18(23)24/h4-6,8-9,14H,7,10-13H2,1-3H3,(H,23,24). The van der Waals surface area contributed by atoms with Crippen LogP contribution >= 0.6 is 11.3 Å². The molecule has 146 valence electrons. The van der Waals surface area contributed by atoms with E-state index in [1.807, 2.05) is 39.0 Å². The van der Waals surface area contributed by atoms with Crippen LogP contribution in [0, 0.1) is 0 Å². The molecule has 27 heavy (non-hydrogen) atoms. The summed E-state index contributed by atoms with van der Waals surface area (Å²) < 4.78 is 5.51. The van der Waals surface area contributed by atoms with Gasteiger partial charge in [0.25, 0.3) is 0 Å². The van der Waals surface area contributed by atoms with Crippen molar-refractivity contribution in [3.05, 3.63) is 52.0 Å². The maximum Gasteiger partial charge on any atom is 0.410 e. The Kier molecular flexibility index (Phi) is 7.36. The number of hydrogen-bond donors (Lipinski definition) is 1. The van der Waals surface area contributed by atoms with Crippen molar-refractivity contribution in [3.8, 4) is 0 Å². The molecule has 0 aliphatic heterocycles. The Morgan fingerprint density at radius 3 is 2.44 bits per heavy atom. The number of benzene rings is 1. The minimum Gasteiger partial charge on any atom is -0.476 e. The summed E-state index contributed by atoms with van der Waals surface area (Å²) >= 11 is 1.29. The van der Waals surface area contributed by atoms with E-state index < -0.39 is 11.6 Å². The number of aromatic nitrogens is 1. The molecule has 2 aromatic rings. The highest BCUT2D eigenvalue weighted by atomic mass is 32.1. The van der Waals surface area contributed by atoms with E-state index in [0.29, 0.717) is 24.5 Å². The van der Waals surface area contributed by atoms with Gasteiger partial charge in [0.1, 0.15) is 5.60 Å². The first-order chi connectivity index (χ1) is 12.7. The molecule has 0 atom stereocenters. The van der Waals surface area contributed by atoms with Crippen LogP contribution in [-0.2, 0) is 17.6 Å². The van der Waals surface area contributed by atoms with E-state index in [4.69, 9.17) is 9.84 Å². The monoisotopic (exact) mass is 390 g/mol. The second kappa shape index (κ2) is 9.50. The summed E-state index contributed by atoms with van der Waals surface area (Å²) in [5, 5.41) is 11.2. The van der Waals surface area contributed by atoms with Gasteiger partial charge < -0.3 is 14.7 Å². The first-order valence-corrected chi connectivity index (χ1v) is 9.82. The van der Waals surface area contributed by atoms with Crippen LogP contribution in [-0.4, -0.2) is 45.7 Å². The van der Waals surface area contributed by atoms with Gasteiger partial charge in [0.15, 0.2) is 5.69 Å². The Labute approximate surface area is 163 Å². The van der Waals surface area contributed by atoms with Gasteiger partial charge in [-0.25, -0.2) is 14.6 Å². The number of hydrogen-bond acceptors (Lipinski definition) is 5. The van der Waals surface area contributed by atoms with Crippen LogP contribution in [0.25, 0.3) is 0 Å². The van der Waals surface area contributed by atoms with Gasteiger partial charge in [0.05, 0.1) is 5.01 Å². The zero-order valence-corrected chi connectivity index (χ0v) is 16.8. The summed E-state index contributed by atoms with van der Waals surface area (Å²) in [6, 6.07) is 10.1. The zero-order chi connectivity index (χ0) is 19.9. The van der Waals surface area contributed by atoms with Crippen molar-refractivity contribution < 1.29 is 19.4 Å². The van der Waals surface area contributed by atoms with Crippen molar-refractivity contribution in [1.29, 1.82) is 0 Å².